The summed E-state index contributed by atoms with van der Waals surface area (Å²) in [5, 5.41) is 4.25. The Morgan fingerprint density at radius 1 is 1.26 bits per heavy atom. The molecule has 0 aliphatic carbocycles. The molecule has 1 heterocycles. The summed E-state index contributed by atoms with van der Waals surface area (Å²) in [4.78, 5) is 0. The van der Waals surface area contributed by atoms with Crippen LogP contribution in [0, 0.1) is 5.82 Å². The molecule has 0 amide bonds. The second-order valence-corrected chi connectivity index (χ2v) is 4.72. The standard InChI is InChI=1S/C12H13BrFN3O2/c1-17-9(15)5-8(16-17)6-4-7(13)10(14)12(19-3)11(6)18-2/h4-5H,15H2,1-3H3. The number of nitrogens with two attached hydrogens (primary N) is 1. The van der Waals surface area contributed by atoms with Crippen LogP contribution in [0.25, 0.3) is 11.3 Å². The van der Waals surface area contributed by atoms with Crippen LogP contribution in [-0.4, -0.2) is 24.0 Å². The number of benzene rings is 1. The van der Waals surface area contributed by atoms with Crippen molar-refractivity contribution in [3.8, 4) is 22.8 Å². The van der Waals surface area contributed by atoms with Gasteiger partial charge in [-0.05, 0) is 22.0 Å². The van der Waals surface area contributed by atoms with Crippen LogP contribution in [0.2, 0.25) is 0 Å². The molecule has 1 aromatic heterocycles. The predicted octanol–water partition coefficient (Wildman–Crippen LogP) is 2.59. The number of methoxy groups -OCH3 is 2. The van der Waals surface area contributed by atoms with Gasteiger partial charge < -0.3 is 15.2 Å². The van der Waals surface area contributed by atoms with E-state index in [2.05, 4.69) is 21.0 Å². The molecule has 0 atom stereocenters. The van der Waals surface area contributed by atoms with Gasteiger partial charge in [0.25, 0.3) is 0 Å². The maximum atomic E-state index is 13.9. The second-order valence-electron chi connectivity index (χ2n) is 3.86. The molecule has 2 N–H and O–H groups in total. The Bertz CT molecular complexity index is 608. The second kappa shape index (κ2) is 5.08. The predicted molar refractivity (Wildman–Crippen MR) is 73.8 cm³/mol. The van der Waals surface area contributed by atoms with Crippen LogP contribution in [0.15, 0.2) is 16.6 Å². The highest BCUT2D eigenvalue weighted by Gasteiger charge is 2.21. The molecule has 0 saturated heterocycles. The van der Waals surface area contributed by atoms with Gasteiger partial charge in [-0.3, -0.25) is 4.68 Å². The lowest BCUT2D eigenvalue weighted by Gasteiger charge is -2.13. The Morgan fingerprint density at radius 2 is 1.89 bits per heavy atom. The zero-order valence-electron chi connectivity index (χ0n) is 10.7. The summed E-state index contributed by atoms with van der Waals surface area (Å²) in [6.07, 6.45) is 0. The molecule has 2 aromatic rings. The molecule has 0 aliphatic rings. The van der Waals surface area contributed by atoms with Crippen LogP contribution in [0.3, 0.4) is 0 Å². The average Bonchev–Trinajstić information content (AvgIpc) is 2.72. The molecule has 5 nitrogen and oxygen atoms in total. The van der Waals surface area contributed by atoms with Gasteiger partial charge in [-0.15, -0.1) is 0 Å². The molecule has 102 valence electrons. The quantitative estimate of drug-likeness (QED) is 0.940. The molecule has 1 aromatic carbocycles. The van der Waals surface area contributed by atoms with Crippen LogP contribution in [0.4, 0.5) is 10.2 Å². The summed E-state index contributed by atoms with van der Waals surface area (Å²) in [5.41, 5.74) is 6.93. The first-order valence-corrected chi connectivity index (χ1v) is 6.18. The molecule has 0 unspecified atom stereocenters. The topological polar surface area (TPSA) is 62.3 Å². The zero-order chi connectivity index (χ0) is 14.2. The molecule has 0 fully saturated rings. The minimum absolute atomic E-state index is 0.0242. The SMILES string of the molecule is COc1c(-c2cc(N)n(C)n2)cc(Br)c(F)c1OC. The van der Waals surface area contributed by atoms with Gasteiger partial charge >= 0.3 is 0 Å². The van der Waals surface area contributed by atoms with Crippen LogP contribution >= 0.6 is 15.9 Å². The lowest BCUT2D eigenvalue weighted by atomic mass is 10.1. The minimum atomic E-state index is -0.521. The van der Waals surface area contributed by atoms with Gasteiger partial charge in [0.1, 0.15) is 5.82 Å². The van der Waals surface area contributed by atoms with Crippen LogP contribution in [0.1, 0.15) is 0 Å². The summed E-state index contributed by atoms with van der Waals surface area (Å²) >= 11 is 3.15. The minimum Gasteiger partial charge on any atom is -0.492 e. The van der Waals surface area contributed by atoms with Crippen LogP contribution in [-0.2, 0) is 7.05 Å². The molecular weight excluding hydrogens is 317 g/mol. The van der Waals surface area contributed by atoms with Crippen molar-refractivity contribution in [2.75, 3.05) is 20.0 Å². The zero-order valence-corrected chi connectivity index (χ0v) is 12.3. The monoisotopic (exact) mass is 329 g/mol. The van der Waals surface area contributed by atoms with E-state index >= 15 is 0 Å². The lowest BCUT2D eigenvalue weighted by Crippen LogP contribution is -1.99. The average molecular weight is 330 g/mol. The van der Waals surface area contributed by atoms with Crippen molar-refractivity contribution in [1.29, 1.82) is 0 Å². The van der Waals surface area contributed by atoms with Gasteiger partial charge in [-0.25, -0.2) is 4.39 Å². The van der Waals surface area contributed by atoms with Crippen molar-refractivity contribution in [3.05, 3.63) is 22.4 Å². The van der Waals surface area contributed by atoms with Gasteiger partial charge in [0.05, 0.1) is 24.4 Å². The highest BCUT2D eigenvalue weighted by molar-refractivity contribution is 9.10. The molecule has 0 spiro atoms. The van der Waals surface area contributed by atoms with Crippen molar-refractivity contribution in [2.45, 2.75) is 0 Å². The number of aryl methyl sites for hydroxylation is 1. The molecule has 0 bridgehead atoms. The van der Waals surface area contributed by atoms with E-state index in [1.54, 1.807) is 19.2 Å². The Labute approximate surface area is 118 Å². The lowest BCUT2D eigenvalue weighted by molar-refractivity contribution is 0.337. The first-order valence-electron chi connectivity index (χ1n) is 5.39. The van der Waals surface area contributed by atoms with E-state index in [1.165, 1.54) is 18.9 Å². The van der Waals surface area contributed by atoms with Crippen molar-refractivity contribution in [2.24, 2.45) is 7.05 Å². The van der Waals surface area contributed by atoms with E-state index in [0.29, 0.717) is 17.1 Å². The fourth-order valence-electron chi connectivity index (χ4n) is 1.77. The third kappa shape index (κ3) is 2.25. The molecule has 19 heavy (non-hydrogen) atoms. The van der Waals surface area contributed by atoms with Crippen LogP contribution in [0.5, 0.6) is 11.5 Å². The number of rotatable bonds is 3. The van der Waals surface area contributed by atoms with E-state index in [1.807, 2.05) is 0 Å². The number of hydrogen-bond donors (Lipinski definition) is 1. The Hall–Kier alpha value is -1.76. The number of ether oxygens (including phenoxy) is 2. The van der Waals surface area contributed by atoms with E-state index < -0.39 is 5.82 Å². The maximum absolute atomic E-state index is 13.9. The largest absolute Gasteiger partial charge is 0.492 e. The number of hydrogen-bond acceptors (Lipinski definition) is 4. The Kier molecular flexibility index (Phi) is 3.66. The molecule has 7 heteroatoms. The van der Waals surface area contributed by atoms with E-state index in [4.69, 9.17) is 15.2 Å². The molecule has 0 radical (unpaired) electrons. The van der Waals surface area contributed by atoms with Gasteiger partial charge in [-0.1, -0.05) is 0 Å². The third-order valence-corrected chi connectivity index (χ3v) is 3.31. The fourth-order valence-corrected chi connectivity index (χ4v) is 2.18. The van der Waals surface area contributed by atoms with Gasteiger partial charge in [0.2, 0.25) is 0 Å². The van der Waals surface area contributed by atoms with Crippen molar-refractivity contribution in [1.82, 2.24) is 9.78 Å². The summed E-state index contributed by atoms with van der Waals surface area (Å²) in [6, 6.07) is 3.26. The highest BCUT2D eigenvalue weighted by Crippen LogP contribution is 2.43. The summed E-state index contributed by atoms with van der Waals surface area (Å²) in [5.74, 6) is 0.279. The van der Waals surface area contributed by atoms with Gasteiger partial charge in [0.15, 0.2) is 17.3 Å². The van der Waals surface area contributed by atoms with E-state index in [-0.39, 0.29) is 16.0 Å². The number of nitrogen functional groups attached to an aromatic ring is 1. The first kappa shape index (κ1) is 13.7. The smallest absolute Gasteiger partial charge is 0.198 e. The number of halogens is 2. The molecule has 0 saturated carbocycles. The normalized spacial score (nSPS) is 10.6. The van der Waals surface area contributed by atoms with Crippen molar-refractivity contribution >= 4 is 21.7 Å². The molecule has 0 aliphatic heterocycles. The van der Waals surface area contributed by atoms with Crippen molar-refractivity contribution < 1.29 is 13.9 Å². The summed E-state index contributed by atoms with van der Waals surface area (Å²) in [7, 11) is 4.55. The summed E-state index contributed by atoms with van der Waals surface area (Å²) < 4.78 is 26.0. The summed E-state index contributed by atoms with van der Waals surface area (Å²) in [6.45, 7) is 0. The number of aromatic nitrogens is 2. The third-order valence-electron chi connectivity index (χ3n) is 2.73. The first-order chi connectivity index (χ1) is 8.99. The number of nitrogens with zero attached hydrogens (tertiary/aromatic N) is 2. The molecule has 2 rings (SSSR count). The Balaban J connectivity index is 2.72. The van der Waals surface area contributed by atoms with Crippen molar-refractivity contribution in [3.63, 3.8) is 0 Å². The molecular formula is C12H13BrFN3O2. The maximum Gasteiger partial charge on any atom is 0.198 e. The fraction of sp³-hybridized carbons (Fsp3) is 0.250. The van der Waals surface area contributed by atoms with Crippen LogP contribution < -0.4 is 15.2 Å². The number of anilines is 1. The van der Waals surface area contributed by atoms with E-state index in [9.17, 15) is 4.39 Å². The van der Waals surface area contributed by atoms with E-state index in [0.717, 1.165) is 0 Å². The Morgan fingerprint density at radius 3 is 2.37 bits per heavy atom. The highest BCUT2D eigenvalue weighted by atomic mass is 79.9. The van der Waals surface area contributed by atoms with Gasteiger partial charge in [-0.2, -0.15) is 5.10 Å². The van der Waals surface area contributed by atoms with Gasteiger partial charge in [0, 0.05) is 18.7 Å².